The highest BCUT2D eigenvalue weighted by molar-refractivity contribution is 7.24. The summed E-state index contributed by atoms with van der Waals surface area (Å²) in [5, 5.41) is 12.4. The van der Waals surface area contributed by atoms with Crippen molar-refractivity contribution in [1.29, 1.82) is 0 Å². The molecule has 106 valence electrons. The molecule has 0 fully saturated rings. The highest BCUT2D eigenvalue weighted by Crippen LogP contribution is 2.28. The highest BCUT2D eigenvalue weighted by Gasteiger charge is 2.13. The molecule has 0 aliphatic rings. The molecule has 4 heteroatoms. The topological polar surface area (TPSA) is 57.2 Å². The van der Waals surface area contributed by atoms with Crippen LogP contribution < -0.4 is 10.5 Å². The quantitative estimate of drug-likeness (QED) is 0.698. The van der Waals surface area contributed by atoms with E-state index in [9.17, 15) is 14.7 Å². The molecule has 0 aliphatic carbocycles. The zero-order chi connectivity index (χ0) is 15.0. The Morgan fingerprint density at radius 2 is 1.86 bits per heavy atom. The van der Waals surface area contributed by atoms with Crippen LogP contribution in [0.5, 0.6) is 0 Å². The van der Waals surface area contributed by atoms with Crippen LogP contribution >= 0.6 is 11.3 Å². The number of carbonyl (C=O) groups excluding carboxylic acids is 1. The number of benzene rings is 2. The molecule has 1 aromatic heterocycles. The van der Waals surface area contributed by atoms with E-state index in [0.29, 0.717) is 22.8 Å². The van der Waals surface area contributed by atoms with Crippen molar-refractivity contribution in [3.8, 4) is 0 Å². The van der Waals surface area contributed by atoms with Crippen LogP contribution in [0.2, 0.25) is 0 Å². The monoisotopic (exact) mass is 297 g/mol. The number of fused-ring (bicyclic) bond motifs is 2. The third-order valence-electron chi connectivity index (χ3n) is 3.69. The number of aliphatic carboxylic acids is 1. The van der Waals surface area contributed by atoms with Crippen molar-refractivity contribution in [2.24, 2.45) is 0 Å². The first-order chi connectivity index (χ1) is 10.1. The SMILES string of the molecule is CCC(C(=O)[O-])c1ccc2sc3ccccc3c(=O)c2c1. The minimum absolute atomic E-state index is 0.0469. The lowest BCUT2D eigenvalue weighted by atomic mass is 9.95. The summed E-state index contributed by atoms with van der Waals surface area (Å²) in [7, 11) is 0. The molecule has 0 spiro atoms. The zero-order valence-corrected chi connectivity index (χ0v) is 12.3. The summed E-state index contributed by atoms with van der Waals surface area (Å²) in [6.45, 7) is 1.80. The Morgan fingerprint density at radius 3 is 2.57 bits per heavy atom. The Kier molecular flexibility index (Phi) is 3.47. The van der Waals surface area contributed by atoms with Gasteiger partial charge in [0.15, 0.2) is 5.43 Å². The van der Waals surface area contributed by atoms with E-state index in [2.05, 4.69) is 0 Å². The van der Waals surface area contributed by atoms with Gasteiger partial charge >= 0.3 is 0 Å². The summed E-state index contributed by atoms with van der Waals surface area (Å²) in [5.74, 6) is -1.78. The molecule has 0 bridgehead atoms. The number of hydrogen-bond donors (Lipinski definition) is 0. The van der Waals surface area contributed by atoms with Crippen LogP contribution in [0.25, 0.3) is 20.2 Å². The fraction of sp³-hybridized carbons (Fsp3) is 0.176. The molecule has 0 amide bonds. The standard InChI is InChI=1S/C17H14O3S/c1-2-11(17(19)20)10-7-8-15-13(9-10)16(18)12-5-3-4-6-14(12)21-15/h3-9,11H,2H2,1H3,(H,19,20)/p-1. The predicted molar refractivity (Wildman–Crippen MR) is 83.6 cm³/mol. The van der Waals surface area contributed by atoms with Gasteiger partial charge in [0.1, 0.15) is 0 Å². The normalized spacial score (nSPS) is 12.6. The van der Waals surface area contributed by atoms with Gasteiger partial charge in [0.2, 0.25) is 0 Å². The fourth-order valence-electron chi connectivity index (χ4n) is 2.58. The van der Waals surface area contributed by atoms with Crippen LogP contribution in [0.15, 0.2) is 47.3 Å². The van der Waals surface area contributed by atoms with Gasteiger partial charge < -0.3 is 9.90 Å². The molecule has 1 atom stereocenters. The molecule has 1 unspecified atom stereocenters. The largest absolute Gasteiger partial charge is 0.549 e. The van der Waals surface area contributed by atoms with Gasteiger partial charge in [-0.25, -0.2) is 0 Å². The second kappa shape index (κ2) is 5.30. The van der Waals surface area contributed by atoms with Crippen LogP contribution in [0.3, 0.4) is 0 Å². The maximum atomic E-state index is 12.6. The summed E-state index contributed by atoms with van der Waals surface area (Å²) in [5.41, 5.74) is 0.582. The lowest BCUT2D eigenvalue weighted by Gasteiger charge is -2.16. The number of carboxylic acids is 1. The Bertz CT molecular complexity index is 895. The van der Waals surface area contributed by atoms with E-state index < -0.39 is 11.9 Å². The second-order valence-corrected chi connectivity index (χ2v) is 6.05. The zero-order valence-electron chi connectivity index (χ0n) is 11.5. The van der Waals surface area contributed by atoms with E-state index in [-0.39, 0.29) is 5.43 Å². The van der Waals surface area contributed by atoms with Crippen LogP contribution in [0, 0.1) is 0 Å². The van der Waals surface area contributed by atoms with E-state index in [1.807, 2.05) is 24.3 Å². The Balaban J connectivity index is 2.31. The third-order valence-corrected chi connectivity index (χ3v) is 4.85. The molecule has 3 nitrogen and oxygen atoms in total. The van der Waals surface area contributed by atoms with Gasteiger partial charge in [-0.1, -0.05) is 25.1 Å². The van der Waals surface area contributed by atoms with Gasteiger partial charge in [-0.15, -0.1) is 11.3 Å². The molecule has 3 aromatic rings. The summed E-state index contributed by atoms with van der Waals surface area (Å²) >= 11 is 1.54. The van der Waals surface area contributed by atoms with Crippen molar-refractivity contribution in [3.05, 3.63) is 58.3 Å². The Hall–Kier alpha value is -2.20. The molecule has 0 radical (unpaired) electrons. The minimum Gasteiger partial charge on any atom is -0.549 e. The van der Waals surface area contributed by atoms with E-state index in [0.717, 1.165) is 9.40 Å². The molecular weight excluding hydrogens is 284 g/mol. The first-order valence-electron chi connectivity index (χ1n) is 6.78. The third kappa shape index (κ3) is 2.32. The van der Waals surface area contributed by atoms with Crippen molar-refractivity contribution in [3.63, 3.8) is 0 Å². The summed E-state index contributed by atoms with van der Waals surface area (Å²) in [6.07, 6.45) is 0.443. The van der Waals surface area contributed by atoms with E-state index in [1.165, 1.54) is 11.3 Å². The molecule has 2 aromatic carbocycles. The molecule has 21 heavy (non-hydrogen) atoms. The number of rotatable bonds is 3. The molecular formula is C17H13O3S-. The minimum atomic E-state index is -1.10. The second-order valence-electron chi connectivity index (χ2n) is 4.96. The van der Waals surface area contributed by atoms with Crippen molar-refractivity contribution in [2.45, 2.75) is 19.3 Å². The predicted octanol–water partition coefficient (Wildman–Crippen LogP) is 2.66. The van der Waals surface area contributed by atoms with Crippen molar-refractivity contribution in [1.82, 2.24) is 0 Å². The van der Waals surface area contributed by atoms with Gasteiger partial charge in [-0.2, -0.15) is 0 Å². The lowest BCUT2D eigenvalue weighted by molar-refractivity contribution is -0.308. The fourth-order valence-corrected chi connectivity index (χ4v) is 3.63. The molecule has 3 rings (SSSR count). The first-order valence-corrected chi connectivity index (χ1v) is 7.60. The van der Waals surface area contributed by atoms with E-state index >= 15 is 0 Å². The van der Waals surface area contributed by atoms with Crippen molar-refractivity contribution >= 4 is 37.5 Å². The van der Waals surface area contributed by atoms with Crippen LogP contribution in [-0.2, 0) is 4.79 Å². The summed E-state index contributed by atoms with van der Waals surface area (Å²) < 4.78 is 1.81. The van der Waals surface area contributed by atoms with Gasteiger partial charge in [0.25, 0.3) is 0 Å². The molecule has 0 aliphatic heterocycles. The molecule has 0 saturated carbocycles. The van der Waals surface area contributed by atoms with Crippen LogP contribution in [-0.4, -0.2) is 5.97 Å². The van der Waals surface area contributed by atoms with E-state index in [1.54, 1.807) is 25.1 Å². The van der Waals surface area contributed by atoms with Crippen molar-refractivity contribution < 1.29 is 9.90 Å². The molecule has 0 saturated heterocycles. The highest BCUT2D eigenvalue weighted by atomic mass is 32.1. The maximum absolute atomic E-state index is 12.6. The first kappa shape index (κ1) is 13.8. The summed E-state index contributed by atoms with van der Waals surface area (Å²) in [6, 6.07) is 12.8. The molecule has 0 N–H and O–H groups in total. The maximum Gasteiger partial charge on any atom is 0.195 e. The van der Waals surface area contributed by atoms with Gasteiger partial charge in [-0.3, -0.25) is 4.79 Å². The van der Waals surface area contributed by atoms with Crippen molar-refractivity contribution in [2.75, 3.05) is 0 Å². The smallest absolute Gasteiger partial charge is 0.195 e. The molecule has 1 heterocycles. The Morgan fingerprint density at radius 1 is 1.14 bits per heavy atom. The number of hydrogen-bond acceptors (Lipinski definition) is 4. The van der Waals surface area contributed by atoms with Crippen LogP contribution in [0.1, 0.15) is 24.8 Å². The Labute approximate surface area is 125 Å². The van der Waals surface area contributed by atoms with Gasteiger partial charge in [-0.05, 0) is 36.2 Å². The van der Waals surface area contributed by atoms with Gasteiger partial charge in [0.05, 0.1) is 0 Å². The summed E-state index contributed by atoms with van der Waals surface area (Å²) in [4.78, 5) is 23.7. The van der Waals surface area contributed by atoms with Gasteiger partial charge in [0, 0.05) is 32.1 Å². The lowest BCUT2D eigenvalue weighted by Crippen LogP contribution is -2.29. The number of carboxylic acid groups (broad SMARTS) is 1. The van der Waals surface area contributed by atoms with Crippen LogP contribution in [0.4, 0.5) is 0 Å². The average molecular weight is 297 g/mol. The van der Waals surface area contributed by atoms with E-state index in [4.69, 9.17) is 0 Å². The number of carbonyl (C=O) groups is 1. The average Bonchev–Trinajstić information content (AvgIpc) is 2.48.